The van der Waals surface area contributed by atoms with E-state index >= 15 is 0 Å². The van der Waals surface area contributed by atoms with Crippen molar-refractivity contribution in [3.05, 3.63) is 35.9 Å². The van der Waals surface area contributed by atoms with Crippen molar-refractivity contribution in [2.45, 2.75) is 52.1 Å². The monoisotopic (exact) mass is 309 g/mol. The Hall–Kier alpha value is -0.870. The van der Waals surface area contributed by atoms with Crippen LogP contribution in [0.25, 0.3) is 0 Å². The third kappa shape index (κ3) is 4.82. The molecule has 1 aromatic carbocycles. The summed E-state index contributed by atoms with van der Waals surface area (Å²) in [5.74, 6) is 0.543. The molecular weight excluding hydrogens is 282 g/mol. The number of hydrogen-bond donors (Lipinski definition) is 1. The summed E-state index contributed by atoms with van der Waals surface area (Å²) in [4.78, 5) is 0. The van der Waals surface area contributed by atoms with Gasteiger partial charge in [-0.2, -0.15) is 0 Å². The molecule has 0 spiro atoms. The van der Waals surface area contributed by atoms with Crippen molar-refractivity contribution < 1.29 is 8.42 Å². The fourth-order valence-electron chi connectivity index (χ4n) is 3.09. The van der Waals surface area contributed by atoms with E-state index in [9.17, 15) is 8.42 Å². The Labute approximate surface area is 129 Å². The Balaban J connectivity index is 2.21. The Morgan fingerprint density at radius 2 is 1.86 bits per heavy atom. The Morgan fingerprint density at radius 1 is 1.24 bits per heavy atom. The molecule has 21 heavy (non-hydrogen) atoms. The lowest BCUT2D eigenvalue weighted by molar-refractivity contribution is 0.260. The van der Waals surface area contributed by atoms with Crippen LogP contribution in [-0.4, -0.2) is 25.5 Å². The van der Waals surface area contributed by atoms with Crippen LogP contribution >= 0.6 is 0 Å². The third-order valence-electron chi connectivity index (χ3n) is 4.04. The average molecular weight is 309 g/mol. The van der Waals surface area contributed by atoms with Crippen molar-refractivity contribution in [1.29, 1.82) is 0 Å². The van der Waals surface area contributed by atoms with E-state index in [2.05, 4.69) is 38.2 Å². The molecule has 1 saturated heterocycles. The first-order chi connectivity index (χ1) is 9.59. The molecule has 1 aliphatic heterocycles. The zero-order valence-corrected chi connectivity index (χ0v) is 14.3. The highest BCUT2D eigenvalue weighted by Gasteiger charge is 2.40. The molecule has 1 aliphatic rings. The second kappa shape index (κ2) is 5.73. The van der Waals surface area contributed by atoms with Crippen LogP contribution in [0, 0.1) is 5.41 Å². The van der Waals surface area contributed by atoms with Gasteiger partial charge in [0.25, 0.3) is 0 Å². The van der Waals surface area contributed by atoms with Gasteiger partial charge < -0.3 is 5.32 Å². The van der Waals surface area contributed by atoms with Gasteiger partial charge in [0.1, 0.15) is 0 Å². The molecule has 2 rings (SSSR count). The fourth-order valence-corrected chi connectivity index (χ4v) is 5.20. The SMILES string of the molecule is CC(C)(C)CC(NC1(C)CCS(=O)(=O)C1)c1ccccc1. The highest BCUT2D eigenvalue weighted by atomic mass is 32.2. The molecule has 1 fully saturated rings. The van der Waals surface area contributed by atoms with Gasteiger partial charge in [-0.25, -0.2) is 8.42 Å². The van der Waals surface area contributed by atoms with Gasteiger partial charge in [0.05, 0.1) is 11.5 Å². The van der Waals surface area contributed by atoms with Gasteiger partial charge in [-0.1, -0.05) is 51.1 Å². The fraction of sp³-hybridized carbons (Fsp3) is 0.647. The summed E-state index contributed by atoms with van der Waals surface area (Å²) in [7, 11) is -2.89. The van der Waals surface area contributed by atoms with Crippen molar-refractivity contribution >= 4 is 9.84 Å². The molecule has 3 nitrogen and oxygen atoms in total. The van der Waals surface area contributed by atoms with E-state index in [0.29, 0.717) is 12.2 Å². The number of hydrogen-bond acceptors (Lipinski definition) is 3. The summed E-state index contributed by atoms with van der Waals surface area (Å²) >= 11 is 0. The van der Waals surface area contributed by atoms with Gasteiger partial charge in [0.2, 0.25) is 0 Å². The topological polar surface area (TPSA) is 46.2 Å². The summed E-state index contributed by atoms with van der Waals surface area (Å²) in [5.41, 5.74) is 1.10. The molecule has 2 atom stereocenters. The van der Waals surface area contributed by atoms with E-state index in [1.165, 1.54) is 5.56 Å². The smallest absolute Gasteiger partial charge is 0.152 e. The van der Waals surface area contributed by atoms with Crippen LogP contribution in [0.3, 0.4) is 0 Å². The van der Waals surface area contributed by atoms with E-state index in [-0.39, 0.29) is 22.7 Å². The second-order valence-corrected chi connectivity index (χ2v) is 9.96. The lowest BCUT2D eigenvalue weighted by Crippen LogP contribution is -2.46. The van der Waals surface area contributed by atoms with Crippen LogP contribution in [0.4, 0.5) is 0 Å². The van der Waals surface area contributed by atoms with Crippen molar-refractivity contribution in [2.75, 3.05) is 11.5 Å². The quantitative estimate of drug-likeness (QED) is 0.928. The Kier molecular flexibility index (Phi) is 4.50. The summed E-state index contributed by atoms with van der Waals surface area (Å²) in [6.45, 7) is 8.70. The first-order valence-electron chi connectivity index (χ1n) is 7.62. The van der Waals surface area contributed by atoms with Gasteiger partial charge >= 0.3 is 0 Å². The van der Waals surface area contributed by atoms with Gasteiger partial charge in [-0.15, -0.1) is 0 Å². The maximum absolute atomic E-state index is 11.8. The van der Waals surface area contributed by atoms with Crippen molar-refractivity contribution in [2.24, 2.45) is 5.41 Å². The van der Waals surface area contributed by atoms with Crippen molar-refractivity contribution in [1.82, 2.24) is 5.32 Å². The highest BCUT2D eigenvalue weighted by Crippen LogP contribution is 2.33. The van der Waals surface area contributed by atoms with Crippen LogP contribution in [-0.2, 0) is 9.84 Å². The first kappa shape index (κ1) is 16.5. The van der Waals surface area contributed by atoms with E-state index < -0.39 is 9.84 Å². The number of sulfone groups is 1. The van der Waals surface area contributed by atoms with Crippen LogP contribution < -0.4 is 5.32 Å². The third-order valence-corrected chi connectivity index (χ3v) is 5.95. The molecule has 1 heterocycles. The number of benzene rings is 1. The molecule has 4 heteroatoms. The molecule has 0 aliphatic carbocycles. The maximum Gasteiger partial charge on any atom is 0.152 e. The van der Waals surface area contributed by atoms with Gasteiger partial charge in [-0.05, 0) is 30.7 Å². The number of nitrogens with one attached hydrogen (secondary N) is 1. The minimum absolute atomic E-state index is 0.182. The van der Waals surface area contributed by atoms with Gasteiger partial charge in [-0.3, -0.25) is 0 Å². The maximum atomic E-state index is 11.8. The normalized spacial score (nSPS) is 26.7. The molecule has 0 bridgehead atoms. The van der Waals surface area contributed by atoms with Crippen molar-refractivity contribution in [3.63, 3.8) is 0 Å². The lowest BCUT2D eigenvalue weighted by Gasteiger charge is -2.34. The van der Waals surface area contributed by atoms with E-state index in [1.807, 2.05) is 25.1 Å². The Bertz CT molecular complexity index is 575. The predicted octanol–water partition coefficient (Wildman–Crippen LogP) is 3.33. The average Bonchev–Trinajstić information content (AvgIpc) is 2.62. The minimum Gasteiger partial charge on any atom is -0.304 e. The molecule has 0 saturated carbocycles. The van der Waals surface area contributed by atoms with E-state index in [4.69, 9.17) is 0 Å². The largest absolute Gasteiger partial charge is 0.304 e. The summed E-state index contributed by atoms with van der Waals surface area (Å²) in [6.07, 6.45) is 1.68. The standard InChI is InChI=1S/C17H27NO2S/c1-16(2,3)12-15(14-8-6-5-7-9-14)18-17(4)10-11-21(19,20)13-17/h5-9,15,18H,10-13H2,1-4H3. The first-order valence-corrected chi connectivity index (χ1v) is 9.44. The van der Waals surface area contributed by atoms with Gasteiger partial charge in [0, 0.05) is 11.6 Å². The summed E-state index contributed by atoms with van der Waals surface area (Å²) in [5, 5.41) is 3.64. The minimum atomic E-state index is -2.89. The highest BCUT2D eigenvalue weighted by molar-refractivity contribution is 7.91. The van der Waals surface area contributed by atoms with Crippen LogP contribution in [0.1, 0.15) is 52.1 Å². The van der Waals surface area contributed by atoms with E-state index in [0.717, 1.165) is 6.42 Å². The van der Waals surface area contributed by atoms with Gasteiger partial charge in [0.15, 0.2) is 9.84 Å². The lowest BCUT2D eigenvalue weighted by atomic mass is 9.84. The molecule has 0 amide bonds. The van der Waals surface area contributed by atoms with Crippen LogP contribution in [0.5, 0.6) is 0 Å². The Morgan fingerprint density at radius 3 is 2.33 bits per heavy atom. The van der Waals surface area contributed by atoms with Crippen LogP contribution in [0.2, 0.25) is 0 Å². The molecule has 1 aromatic rings. The zero-order chi connectivity index (χ0) is 15.7. The predicted molar refractivity (Wildman–Crippen MR) is 88.1 cm³/mol. The molecule has 0 radical (unpaired) electrons. The zero-order valence-electron chi connectivity index (χ0n) is 13.5. The molecule has 118 valence electrons. The van der Waals surface area contributed by atoms with Crippen LogP contribution in [0.15, 0.2) is 30.3 Å². The molecular formula is C17H27NO2S. The van der Waals surface area contributed by atoms with Crippen molar-refractivity contribution in [3.8, 4) is 0 Å². The molecule has 0 aromatic heterocycles. The summed E-state index contributed by atoms with van der Waals surface area (Å²) < 4.78 is 23.6. The molecule has 2 unspecified atom stereocenters. The summed E-state index contributed by atoms with van der Waals surface area (Å²) in [6, 6.07) is 10.5. The second-order valence-electron chi connectivity index (χ2n) is 7.78. The molecule has 1 N–H and O–H groups in total. The number of rotatable bonds is 4. The van der Waals surface area contributed by atoms with E-state index in [1.54, 1.807) is 0 Å².